The fourth-order valence-electron chi connectivity index (χ4n) is 2.95. The van der Waals surface area contributed by atoms with E-state index in [1.165, 1.54) is 6.33 Å². The summed E-state index contributed by atoms with van der Waals surface area (Å²) in [4.78, 5) is 10.5. The van der Waals surface area contributed by atoms with Crippen LogP contribution in [0.5, 0.6) is 5.75 Å². The van der Waals surface area contributed by atoms with Gasteiger partial charge in [-0.2, -0.15) is 13.2 Å². The third kappa shape index (κ3) is 2.44. The summed E-state index contributed by atoms with van der Waals surface area (Å²) >= 11 is 0. The second-order valence-electron chi connectivity index (χ2n) is 5.52. The Morgan fingerprint density at radius 3 is 2.88 bits per heavy atom. The summed E-state index contributed by atoms with van der Waals surface area (Å²) in [5.41, 5.74) is 0.278. The number of anilines is 1. The van der Waals surface area contributed by atoms with E-state index in [0.717, 1.165) is 17.5 Å². The van der Waals surface area contributed by atoms with E-state index in [4.69, 9.17) is 4.74 Å². The molecule has 3 heterocycles. The molecule has 1 aliphatic heterocycles. The molecule has 0 radical (unpaired) electrons. The van der Waals surface area contributed by atoms with Crippen molar-refractivity contribution in [1.82, 2.24) is 15.0 Å². The Morgan fingerprint density at radius 2 is 2.04 bits per heavy atom. The minimum absolute atomic E-state index is 0.0472. The van der Waals surface area contributed by atoms with Crippen LogP contribution in [0.15, 0.2) is 36.8 Å². The lowest BCUT2D eigenvalue weighted by Crippen LogP contribution is -2.21. The van der Waals surface area contributed by atoms with Gasteiger partial charge in [-0.15, -0.1) is 0 Å². The lowest BCUT2D eigenvalue weighted by atomic mass is 10.0. The van der Waals surface area contributed by atoms with E-state index in [1.807, 2.05) is 24.3 Å². The fourth-order valence-corrected chi connectivity index (χ4v) is 2.95. The van der Waals surface area contributed by atoms with Gasteiger partial charge in [0.25, 0.3) is 0 Å². The highest BCUT2D eigenvalue weighted by atomic mass is 19.4. The second-order valence-corrected chi connectivity index (χ2v) is 5.52. The second kappa shape index (κ2) is 5.40. The van der Waals surface area contributed by atoms with E-state index in [-0.39, 0.29) is 22.9 Å². The van der Waals surface area contributed by atoms with Gasteiger partial charge in [0.05, 0.1) is 23.6 Å². The molecule has 1 aromatic carbocycles. The third-order valence-corrected chi connectivity index (χ3v) is 4.04. The average molecular weight is 334 g/mol. The van der Waals surface area contributed by atoms with Crippen LogP contribution in [0, 0.1) is 0 Å². The summed E-state index contributed by atoms with van der Waals surface area (Å²) in [5.74, 6) is 0.895. The van der Waals surface area contributed by atoms with Gasteiger partial charge in [0.15, 0.2) is 0 Å². The molecule has 0 saturated carbocycles. The van der Waals surface area contributed by atoms with Crippen LogP contribution in [-0.4, -0.2) is 21.6 Å². The number of rotatable bonds is 2. The van der Waals surface area contributed by atoms with Crippen molar-refractivity contribution in [3.63, 3.8) is 0 Å². The standard InChI is InChI=1S/C16H13F3N4O/c17-16(18,19)10-7-20-14-13(10)15(22-8-21-14)23-11-5-6-24-12-4-2-1-3-9(11)12/h1-4,7-8,11H,5-6H2,(H2,20,21,22,23)/t11-/m1/s1. The topological polar surface area (TPSA) is 62.8 Å². The number of ether oxygens (including phenoxy) is 1. The largest absolute Gasteiger partial charge is 0.493 e. The maximum atomic E-state index is 13.2. The number of halogens is 3. The quantitative estimate of drug-likeness (QED) is 0.746. The van der Waals surface area contributed by atoms with E-state index in [1.54, 1.807) is 0 Å². The van der Waals surface area contributed by atoms with Crippen LogP contribution in [0.3, 0.4) is 0 Å². The minimum atomic E-state index is -4.48. The first-order chi connectivity index (χ1) is 11.5. The van der Waals surface area contributed by atoms with Gasteiger partial charge < -0.3 is 15.0 Å². The smallest absolute Gasteiger partial charge is 0.418 e. The molecule has 0 aliphatic carbocycles. The van der Waals surface area contributed by atoms with E-state index in [9.17, 15) is 13.2 Å². The Morgan fingerprint density at radius 1 is 1.21 bits per heavy atom. The number of nitrogens with one attached hydrogen (secondary N) is 2. The first-order valence-corrected chi connectivity index (χ1v) is 7.41. The van der Waals surface area contributed by atoms with Crippen LogP contribution >= 0.6 is 0 Å². The normalized spacial score (nSPS) is 17.4. The van der Waals surface area contributed by atoms with Gasteiger partial charge in [-0.25, -0.2) is 9.97 Å². The summed E-state index contributed by atoms with van der Waals surface area (Å²) in [6, 6.07) is 7.29. The number of nitrogens with zero attached hydrogens (tertiary/aromatic N) is 2. The molecule has 1 atom stereocenters. The molecule has 0 amide bonds. The molecule has 124 valence electrons. The summed E-state index contributed by atoms with van der Waals surface area (Å²) in [6.07, 6.45) is -1.68. The lowest BCUT2D eigenvalue weighted by Gasteiger charge is -2.27. The van der Waals surface area contributed by atoms with Crippen LogP contribution < -0.4 is 10.1 Å². The highest BCUT2D eigenvalue weighted by Crippen LogP contribution is 2.39. The number of aromatic amines is 1. The number of fused-ring (bicyclic) bond motifs is 2. The average Bonchev–Trinajstić information content (AvgIpc) is 3.01. The number of para-hydroxylation sites is 1. The lowest BCUT2D eigenvalue weighted by molar-refractivity contribution is -0.136. The van der Waals surface area contributed by atoms with E-state index >= 15 is 0 Å². The Kier molecular flexibility index (Phi) is 3.33. The molecule has 0 saturated heterocycles. The van der Waals surface area contributed by atoms with Gasteiger partial charge in [0.1, 0.15) is 23.5 Å². The van der Waals surface area contributed by atoms with E-state index in [0.29, 0.717) is 13.0 Å². The van der Waals surface area contributed by atoms with E-state index in [2.05, 4.69) is 20.3 Å². The number of alkyl halides is 3. The molecular formula is C16H13F3N4O. The molecule has 0 spiro atoms. The zero-order valence-corrected chi connectivity index (χ0v) is 12.4. The number of hydrogen-bond donors (Lipinski definition) is 2. The van der Waals surface area contributed by atoms with Gasteiger partial charge in [0.2, 0.25) is 0 Å². The molecular weight excluding hydrogens is 321 g/mol. The van der Waals surface area contributed by atoms with Crippen LogP contribution in [-0.2, 0) is 6.18 Å². The molecule has 5 nitrogen and oxygen atoms in total. The number of aromatic nitrogens is 3. The van der Waals surface area contributed by atoms with Crippen molar-refractivity contribution in [3.05, 3.63) is 47.9 Å². The molecule has 8 heteroatoms. The third-order valence-electron chi connectivity index (χ3n) is 4.04. The number of H-pyrrole nitrogens is 1. The van der Waals surface area contributed by atoms with Gasteiger partial charge in [-0.1, -0.05) is 18.2 Å². The van der Waals surface area contributed by atoms with E-state index < -0.39 is 11.7 Å². The van der Waals surface area contributed by atoms with Crippen LogP contribution in [0.4, 0.5) is 19.0 Å². The van der Waals surface area contributed by atoms with Crippen molar-refractivity contribution in [2.24, 2.45) is 0 Å². The number of benzene rings is 1. The Balaban J connectivity index is 1.77. The summed E-state index contributed by atoms with van der Waals surface area (Å²) < 4.78 is 45.3. The van der Waals surface area contributed by atoms with Crippen LogP contribution in [0.25, 0.3) is 11.0 Å². The molecule has 24 heavy (non-hydrogen) atoms. The molecule has 0 unspecified atom stereocenters. The molecule has 4 rings (SSSR count). The molecule has 2 aromatic heterocycles. The van der Waals surface area contributed by atoms with Crippen molar-refractivity contribution in [2.75, 3.05) is 11.9 Å². The van der Waals surface area contributed by atoms with Crippen molar-refractivity contribution in [1.29, 1.82) is 0 Å². The minimum Gasteiger partial charge on any atom is -0.493 e. The number of hydrogen-bond acceptors (Lipinski definition) is 4. The molecule has 3 aromatic rings. The molecule has 0 bridgehead atoms. The molecule has 2 N–H and O–H groups in total. The zero-order valence-electron chi connectivity index (χ0n) is 12.4. The maximum absolute atomic E-state index is 13.2. The van der Waals surface area contributed by atoms with Crippen molar-refractivity contribution in [3.8, 4) is 5.75 Å². The predicted molar refractivity (Wildman–Crippen MR) is 81.8 cm³/mol. The monoisotopic (exact) mass is 334 g/mol. The van der Waals surface area contributed by atoms with Gasteiger partial charge in [-0.05, 0) is 6.07 Å². The predicted octanol–water partition coefficient (Wildman–Crippen LogP) is 3.91. The van der Waals surface area contributed by atoms with Crippen LogP contribution in [0.2, 0.25) is 0 Å². The molecule has 1 aliphatic rings. The Hall–Kier alpha value is -2.77. The fraction of sp³-hybridized carbons (Fsp3) is 0.250. The first-order valence-electron chi connectivity index (χ1n) is 7.41. The summed E-state index contributed by atoms with van der Waals surface area (Å²) in [7, 11) is 0. The van der Waals surface area contributed by atoms with Gasteiger partial charge in [-0.3, -0.25) is 0 Å². The zero-order chi connectivity index (χ0) is 16.7. The van der Waals surface area contributed by atoms with Crippen molar-refractivity contribution < 1.29 is 17.9 Å². The summed E-state index contributed by atoms with van der Waals surface area (Å²) in [5, 5.41) is 3.08. The first kappa shape index (κ1) is 14.8. The Bertz CT molecular complexity index is 890. The van der Waals surface area contributed by atoms with Gasteiger partial charge >= 0.3 is 6.18 Å². The van der Waals surface area contributed by atoms with Gasteiger partial charge in [0, 0.05) is 18.2 Å². The maximum Gasteiger partial charge on any atom is 0.418 e. The highest BCUT2D eigenvalue weighted by molar-refractivity contribution is 5.91. The highest BCUT2D eigenvalue weighted by Gasteiger charge is 2.35. The summed E-state index contributed by atoms with van der Waals surface area (Å²) in [6.45, 7) is 0.488. The molecule has 0 fully saturated rings. The van der Waals surface area contributed by atoms with Crippen molar-refractivity contribution in [2.45, 2.75) is 18.6 Å². The SMILES string of the molecule is FC(F)(F)c1c[nH]c2ncnc(N[C@@H]3CCOc4ccccc43)c12. The van der Waals surface area contributed by atoms with Crippen molar-refractivity contribution >= 4 is 16.9 Å². The Labute approximate surface area is 134 Å². The van der Waals surface area contributed by atoms with Crippen LogP contribution in [0.1, 0.15) is 23.6 Å².